The summed E-state index contributed by atoms with van der Waals surface area (Å²) in [5, 5.41) is 13.0. The Bertz CT molecular complexity index is 295. The molecular weight excluding hydrogens is 244 g/mol. The molecule has 112 valence electrons. The number of hydrogen-bond acceptors (Lipinski definition) is 4. The maximum Gasteiger partial charge on any atom is 0.223 e. The lowest BCUT2D eigenvalue weighted by Gasteiger charge is -2.32. The van der Waals surface area contributed by atoms with E-state index in [2.05, 4.69) is 5.32 Å². The number of hydrogen-bond donors (Lipinski definition) is 2. The highest BCUT2D eigenvalue weighted by atomic mass is 16.5. The second-order valence-electron chi connectivity index (χ2n) is 6.38. The molecule has 3 unspecified atom stereocenters. The molecule has 0 aromatic heterocycles. The van der Waals surface area contributed by atoms with Crippen LogP contribution >= 0.6 is 0 Å². The van der Waals surface area contributed by atoms with Crippen LogP contribution in [0.2, 0.25) is 0 Å². The van der Waals surface area contributed by atoms with E-state index < -0.39 is 5.60 Å². The molecule has 1 heterocycles. The molecule has 1 amide bonds. The smallest absolute Gasteiger partial charge is 0.223 e. The van der Waals surface area contributed by atoms with Gasteiger partial charge in [-0.2, -0.15) is 0 Å². The van der Waals surface area contributed by atoms with Gasteiger partial charge in [-0.3, -0.25) is 4.79 Å². The number of likely N-dealkylation sites (N-methyl/N-ethyl adjacent to an activating group) is 1. The van der Waals surface area contributed by atoms with Crippen molar-refractivity contribution in [2.45, 2.75) is 51.4 Å². The molecule has 0 spiro atoms. The summed E-state index contributed by atoms with van der Waals surface area (Å²) >= 11 is 0. The molecule has 3 atom stereocenters. The van der Waals surface area contributed by atoms with Gasteiger partial charge >= 0.3 is 0 Å². The van der Waals surface area contributed by atoms with Crippen LogP contribution in [0.4, 0.5) is 0 Å². The van der Waals surface area contributed by atoms with E-state index >= 15 is 0 Å². The molecule has 1 saturated heterocycles. The fraction of sp³-hybridized carbons (Fsp3) is 0.929. The van der Waals surface area contributed by atoms with Crippen molar-refractivity contribution in [1.29, 1.82) is 0 Å². The van der Waals surface area contributed by atoms with E-state index in [0.717, 1.165) is 12.8 Å². The summed E-state index contributed by atoms with van der Waals surface area (Å²) < 4.78 is 5.63. The predicted octanol–water partition coefficient (Wildman–Crippen LogP) is 0.619. The number of rotatable bonds is 5. The van der Waals surface area contributed by atoms with Crippen LogP contribution in [0.1, 0.15) is 33.6 Å². The van der Waals surface area contributed by atoms with Gasteiger partial charge in [-0.25, -0.2) is 0 Å². The molecule has 0 aliphatic carbocycles. The number of ether oxygens (including phenoxy) is 1. The first-order valence-corrected chi connectivity index (χ1v) is 7.00. The third-order valence-electron chi connectivity index (χ3n) is 3.37. The van der Waals surface area contributed by atoms with Crippen molar-refractivity contribution in [3.8, 4) is 0 Å². The van der Waals surface area contributed by atoms with Crippen LogP contribution in [-0.2, 0) is 9.53 Å². The fourth-order valence-electron chi connectivity index (χ4n) is 2.78. The van der Waals surface area contributed by atoms with Gasteiger partial charge in [0.25, 0.3) is 0 Å². The highest BCUT2D eigenvalue weighted by Crippen LogP contribution is 2.24. The molecule has 5 heteroatoms. The van der Waals surface area contributed by atoms with Gasteiger partial charge in [0, 0.05) is 19.0 Å². The highest BCUT2D eigenvalue weighted by Gasteiger charge is 2.31. The van der Waals surface area contributed by atoms with Crippen LogP contribution in [0.15, 0.2) is 0 Å². The van der Waals surface area contributed by atoms with Crippen molar-refractivity contribution >= 4 is 5.91 Å². The minimum absolute atomic E-state index is 0.00564. The molecule has 0 aromatic carbocycles. The molecule has 2 N–H and O–H groups in total. The van der Waals surface area contributed by atoms with Crippen molar-refractivity contribution in [3.63, 3.8) is 0 Å². The molecule has 1 rings (SSSR count). The third-order valence-corrected chi connectivity index (χ3v) is 3.37. The van der Waals surface area contributed by atoms with Crippen LogP contribution < -0.4 is 5.32 Å². The molecule has 19 heavy (non-hydrogen) atoms. The summed E-state index contributed by atoms with van der Waals surface area (Å²) in [7, 11) is 3.80. The Labute approximate surface area is 116 Å². The van der Waals surface area contributed by atoms with Gasteiger partial charge in [0.05, 0.1) is 17.8 Å². The van der Waals surface area contributed by atoms with Crippen LogP contribution in [-0.4, -0.2) is 60.9 Å². The number of carbonyl (C=O) groups is 1. The lowest BCUT2D eigenvalue weighted by Crippen LogP contribution is -2.49. The molecule has 1 aliphatic rings. The summed E-state index contributed by atoms with van der Waals surface area (Å²) in [4.78, 5) is 14.0. The monoisotopic (exact) mass is 272 g/mol. The summed E-state index contributed by atoms with van der Waals surface area (Å²) in [5.41, 5.74) is -0.901. The lowest BCUT2D eigenvalue weighted by atomic mass is 9.91. The molecular formula is C14H28N2O3. The zero-order chi connectivity index (χ0) is 14.6. The first-order valence-electron chi connectivity index (χ1n) is 7.00. The predicted molar refractivity (Wildman–Crippen MR) is 74.9 cm³/mol. The quantitative estimate of drug-likeness (QED) is 0.770. The maximum absolute atomic E-state index is 12.1. The van der Waals surface area contributed by atoms with E-state index in [1.165, 1.54) is 0 Å². The van der Waals surface area contributed by atoms with E-state index in [1.54, 1.807) is 6.92 Å². The average Bonchev–Trinajstić information content (AvgIpc) is 2.22. The van der Waals surface area contributed by atoms with Crippen molar-refractivity contribution in [2.24, 2.45) is 5.92 Å². The number of nitrogens with zero attached hydrogens (tertiary/aromatic N) is 1. The van der Waals surface area contributed by atoms with Crippen LogP contribution in [0, 0.1) is 5.92 Å². The molecule has 0 bridgehead atoms. The Morgan fingerprint density at radius 3 is 2.37 bits per heavy atom. The van der Waals surface area contributed by atoms with Crippen LogP contribution in [0.5, 0.6) is 0 Å². The Hall–Kier alpha value is -0.650. The average molecular weight is 272 g/mol. The SMILES string of the molecule is CC1CC(C(=O)NCC(C)(O)CN(C)C)CC(C)O1. The number of aliphatic hydroxyl groups is 1. The molecule has 1 aliphatic heterocycles. The van der Waals surface area contributed by atoms with E-state index in [-0.39, 0.29) is 30.6 Å². The van der Waals surface area contributed by atoms with Crippen molar-refractivity contribution in [2.75, 3.05) is 27.2 Å². The van der Waals surface area contributed by atoms with Crippen molar-refractivity contribution in [1.82, 2.24) is 10.2 Å². The molecule has 1 fully saturated rings. The fourth-order valence-corrected chi connectivity index (χ4v) is 2.78. The molecule has 5 nitrogen and oxygen atoms in total. The van der Waals surface area contributed by atoms with Crippen LogP contribution in [0.25, 0.3) is 0 Å². The Morgan fingerprint density at radius 1 is 1.37 bits per heavy atom. The van der Waals surface area contributed by atoms with E-state index in [9.17, 15) is 9.90 Å². The Kier molecular flexibility index (Phi) is 5.77. The second-order valence-corrected chi connectivity index (χ2v) is 6.38. The first-order chi connectivity index (χ1) is 8.69. The summed E-state index contributed by atoms with van der Waals surface area (Å²) in [6.07, 6.45) is 1.77. The summed E-state index contributed by atoms with van der Waals surface area (Å²) in [6, 6.07) is 0. The van der Waals surface area contributed by atoms with Gasteiger partial charge in [-0.15, -0.1) is 0 Å². The minimum Gasteiger partial charge on any atom is -0.387 e. The van der Waals surface area contributed by atoms with Crippen molar-refractivity contribution in [3.05, 3.63) is 0 Å². The van der Waals surface area contributed by atoms with Gasteiger partial charge in [-0.1, -0.05) is 0 Å². The highest BCUT2D eigenvalue weighted by molar-refractivity contribution is 5.78. The maximum atomic E-state index is 12.1. The zero-order valence-corrected chi connectivity index (χ0v) is 12.8. The van der Waals surface area contributed by atoms with E-state index in [4.69, 9.17) is 4.74 Å². The lowest BCUT2D eigenvalue weighted by molar-refractivity contribution is -0.134. The van der Waals surface area contributed by atoms with Gasteiger partial charge < -0.3 is 20.1 Å². The Morgan fingerprint density at radius 2 is 1.89 bits per heavy atom. The Balaban J connectivity index is 2.42. The van der Waals surface area contributed by atoms with E-state index in [0.29, 0.717) is 6.54 Å². The minimum atomic E-state index is -0.901. The first kappa shape index (κ1) is 16.4. The number of nitrogens with one attached hydrogen (secondary N) is 1. The van der Waals surface area contributed by atoms with Crippen molar-refractivity contribution < 1.29 is 14.6 Å². The van der Waals surface area contributed by atoms with Gasteiger partial charge in [-0.05, 0) is 47.7 Å². The normalized spacial score (nSPS) is 31.0. The van der Waals surface area contributed by atoms with E-state index in [1.807, 2.05) is 32.8 Å². The summed E-state index contributed by atoms with van der Waals surface area (Å²) in [6.45, 7) is 6.54. The van der Waals surface area contributed by atoms with Crippen LogP contribution in [0.3, 0.4) is 0 Å². The third kappa shape index (κ3) is 5.89. The largest absolute Gasteiger partial charge is 0.387 e. The topological polar surface area (TPSA) is 61.8 Å². The molecule has 0 radical (unpaired) electrons. The summed E-state index contributed by atoms with van der Waals surface area (Å²) in [5.74, 6) is 0.0231. The number of carbonyl (C=O) groups excluding carboxylic acids is 1. The van der Waals surface area contributed by atoms with Gasteiger partial charge in [0.1, 0.15) is 0 Å². The van der Waals surface area contributed by atoms with Gasteiger partial charge in [0.15, 0.2) is 0 Å². The molecule has 0 saturated carbocycles. The standard InChI is InChI=1S/C14H28N2O3/c1-10-6-12(7-11(2)19-10)13(17)15-8-14(3,18)9-16(4)5/h10-12,18H,6-9H2,1-5H3,(H,15,17). The zero-order valence-electron chi connectivity index (χ0n) is 12.8. The number of amides is 1. The second kappa shape index (κ2) is 6.68. The molecule has 0 aromatic rings. The van der Waals surface area contributed by atoms with Gasteiger partial charge in [0.2, 0.25) is 5.91 Å².